The zero-order chi connectivity index (χ0) is 24.9. The fourth-order valence-corrected chi connectivity index (χ4v) is 6.69. The van der Waals surface area contributed by atoms with Gasteiger partial charge in [-0.1, -0.05) is 54.6 Å². The van der Waals surface area contributed by atoms with Crippen molar-refractivity contribution in [3.8, 4) is 5.75 Å². The molecule has 0 aliphatic rings. The van der Waals surface area contributed by atoms with Crippen LogP contribution in [0.15, 0.2) is 56.2 Å². The van der Waals surface area contributed by atoms with Gasteiger partial charge >= 0.3 is 0 Å². The van der Waals surface area contributed by atoms with Crippen LogP contribution in [0.1, 0.15) is 19.4 Å². The van der Waals surface area contributed by atoms with Gasteiger partial charge < -0.3 is 4.74 Å². The Balaban J connectivity index is 1.86. The highest BCUT2D eigenvalue weighted by Crippen LogP contribution is 2.31. The summed E-state index contributed by atoms with van der Waals surface area (Å²) in [5.74, 6) is 1.37. The van der Waals surface area contributed by atoms with E-state index >= 15 is 0 Å². The van der Waals surface area contributed by atoms with Crippen LogP contribution in [0.25, 0.3) is 0 Å². The molecule has 3 aromatic rings. The van der Waals surface area contributed by atoms with Crippen LogP contribution in [0.3, 0.4) is 0 Å². The predicted molar refractivity (Wildman–Crippen MR) is 141 cm³/mol. The molecule has 2 aromatic carbocycles. The monoisotopic (exact) mass is 584 g/mol. The number of halogens is 1. The summed E-state index contributed by atoms with van der Waals surface area (Å²) in [5.41, 5.74) is 1.34. The molecule has 0 saturated heterocycles. The van der Waals surface area contributed by atoms with Crippen LogP contribution < -0.4 is 14.4 Å². The number of carbonyl (C=O) groups excluding carboxylic acids is 1. The van der Waals surface area contributed by atoms with Crippen LogP contribution in [0.2, 0.25) is 0 Å². The number of ether oxygens (including phenoxy) is 1. The Bertz CT molecular complexity index is 1250. The molecule has 0 aliphatic heterocycles. The first kappa shape index (κ1) is 26.5. The van der Waals surface area contributed by atoms with E-state index in [1.165, 1.54) is 30.6 Å². The topological polar surface area (TPSA) is 101 Å². The molecule has 3 rings (SSSR count). The average Bonchev–Trinajstić information content (AvgIpc) is 3.23. The SMILES string of the molecule is COc1ccc(S(=O)(=O)N(CC(=O)Nc2nnc(SCC(C)C)s2)c2ccc(C)cc2)cc1Br. The van der Waals surface area contributed by atoms with Crippen LogP contribution in [0, 0.1) is 12.8 Å². The Kier molecular flexibility index (Phi) is 8.96. The van der Waals surface area contributed by atoms with E-state index in [9.17, 15) is 13.2 Å². The molecule has 1 heterocycles. The van der Waals surface area contributed by atoms with Crippen LogP contribution in [-0.2, 0) is 14.8 Å². The molecule has 0 atom stereocenters. The number of hydrogen-bond acceptors (Lipinski definition) is 8. The van der Waals surface area contributed by atoms with Gasteiger partial charge in [0.25, 0.3) is 10.0 Å². The van der Waals surface area contributed by atoms with Crippen molar-refractivity contribution in [3.05, 3.63) is 52.5 Å². The fourth-order valence-electron chi connectivity index (χ4n) is 2.81. The van der Waals surface area contributed by atoms with Crippen LogP contribution in [-0.4, -0.2) is 43.9 Å². The van der Waals surface area contributed by atoms with E-state index in [1.807, 2.05) is 6.92 Å². The van der Waals surface area contributed by atoms with E-state index in [1.54, 1.807) is 42.1 Å². The molecule has 182 valence electrons. The van der Waals surface area contributed by atoms with Gasteiger partial charge in [-0.3, -0.25) is 14.4 Å². The van der Waals surface area contributed by atoms with Crippen molar-refractivity contribution >= 4 is 65.8 Å². The lowest BCUT2D eigenvalue weighted by molar-refractivity contribution is -0.114. The summed E-state index contributed by atoms with van der Waals surface area (Å²) in [7, 11) is -2.57. The van der Waals surface area contributed by atoms with Crippen molar-refractivity contribution in [2.75, 3.05) is 29.0 Å². The van der Waals surface area contributed by atoms with Crippen molar-refractivity contribution in [2.45, 2.75) is 30.0 Å². The predicted octanol–water partition coefficient (Wildman–Crippen LogP) is 5.20. The second kappa shape index (κ2) is 11.5. The Hall–Kier alpha value is -2.15. The number of sulfonamides is 1. The van der Waals surface area contributed by atoms with Crippen LogP contribution >= 0.6 is 39.0 Å². The molecule has 0 unspecified atom stereocenters. The Morgan fingerprint density at radius 3 is 2.53 bits per heavy atom. The number of aromatic nitrogens is 2. The number of amides is 1. The lowest BCUT2D eigenvalue weighted by atomic mass is 10.2. The molecule has 0 fully saturated rings. The van der Waals surface area contributed by atoms with Gasteiger partial charge in [-0.2, -0.15) is 0 Å². The fraction of sp³-hybridized carbons (Fsp3) is 0.318. The zero-order valence-corrected chi connectivity index (χ0v) is 23.1. The van der Waals surface area contributed by atoms with Crippen molar-refractivity contribution < 1.29 is 17.9 Å². The van der Waals surface area contributed by atoms with Crippen molar-refractivity contribution in [1.82, 2.24) is 10.2 Å². The quantitative estimate of drug-likeness (QED) is 0.258. The van der Waals surface area contributed by atoms with Gasteiger partial charge in [-0.15, -0.1) is 10.2 Å². The summed E-state index contributed by atoms with van der Waals surface area (Å²) in [6.07, 6.45) is 0. The van der Waals surface area contributed by atoms with E-state index in [2.05, 4.69) is 45.3 Å². The molecule has 0 saturated carbocycles. The van der Waals surface area contributed by atoms with E-state index < -0.39 is 22.5 Å². The number of methoxy groups -OCH3 is 1. The minimum atomic E-state index is -4.06. The highest BCUT2D eigenvalue weighted by molar-refractivity contribution is 9.10. The second-order valence-electron chi connectivity index (χ2n) is 7.77. The summed E-state index contributed by atoms with van der Waals surface area (Å²) in [4.78, 5) is 12.9. The number of benzene rings is 2. The maximum Gasteiger partial charge on any atom is 0.264 e. The highest BCUT2D eigenvalue weighted by Gasteiger charge is 2.28. The van der Waals surface area contributed by atoms with Crippen molar-refractivity contribution in [1.29, 1.82) is 0 Å². The summed E-state index contributed by atoms with van der Waals surface area (Å²) in [6, 6.07) is 11.4. The molecule has 1 aromatic heterocycles. The Morgan fingerprint density at radius 2 is 1.91 bits per heavy atom. The van der Waals surface area contributed by atoms with Crippen molar-refractivity contribution in [3.63, 3.8) is 0 Å². The summed E-state index contributed by atoms with van der Waals surface area (Å²) in [5, 5.41) is 11.1. The number of rotatable bonds is 10. The minimum absolute atomic E-state index is 0.0248. The van der Waals surface area contributed by atoms with E-state index in [-0.39, 0.29) is 4.90 Å². The molecular weight excluding hydrogens is 560 g/mol. The van der Waals surface area contributed by atoms with Crippen molar-refractivity contribution in [2.24, 2.45) is 5.92 Å². The molecular formula is C22H25BrN4O4S3. The van der Waals surface area contributed by atoms with Gasteiger partial charge in [0.2, 0.25) is 11.0 Å². The lowest BCUT2D eigenvalue weighted by Gasteiger charge is -2.24. The molecule has 12 heteroatoms. The third kappa shape index (κ3) is 6.71. The molecule has 0 radical (unpaired) electrons. The molecule has 0 bridgehead atoms. The average molecular weight is 586 g/mol. The summed E-state index contributed by atoms with van der Waals surface area (Å²) < 4.78 is 34.6. The smallest absolute Gasteiger partial charge is 0.264 e. The van der Waals surface area contributed by atoms with E-state index in [0.717, 1.165) is 20.0 Å². The van der Waals surface area contributed by atoms with Gasteiger partial charge in [0.05, 0.1) is 22.2 Å². The molecule has 8 nitrogen and oxygen atoms in total. The van der Waals surface area contributed by atoms with Gasteiger partial charge in [0, 0.05) is 5.75 Å². The number of nitrogens with zero attached hydrogens (tertiary/aromatic N) is 3. The number of thioether (sulfide) groups is 1. The second-order valence-corrected chi connectivity index (χ2v) is 12.7. The largest absolute Gasteiger partial charge is 0.496 e. The van der Waals surface area contributed by atoms with Gasteiger partial charge in [-0.25, -0.2) is 8.42 Å². The normalized spacial score (nSPS) is 11.5. The zero-order valence-electron chi connectivity index (χ0n) is 19.1. The minimum Gasteiger partial charge on any atom is -0.496 e. The Labute approximate surface area is 216 Å². The van der Waals surface area contributed by atoms with E-state index in [4.69, 9.17) is 4.74 Å². The number of anilines is 2. The molecule has 0 aliphatic carbocycles. The first-order valence-electron chi connectivity index (χ1n) is 10.3. The van der Waals surface area contributed by atoms with E-state index in [0.29, 0.717) is 27.0 Å². The number of nitrogens with one attached hydrogen (secondary N) is 1. The maximum atomic E-state index is 13.6. The highest BCUT2D eigenvalue weighted by atomic mass is 79.9. The summed E-state index contributed by atoms with van der Waals surface area (Å²) in [6.45, 7) is 5.69. The third-order valence-electron chi connectivity index (χ3n) is 4.51. The van der Waals surface area contributed by atoms with Gasteiger partial charge in [0.1, 0.15) is 12.3 Å². The maximum absolute atomic E-state index is 13.6. The standard InChI is InChI=1S/C22H25BrN4O4S3/c1-14(2)13-32-22-26-25-21(33-22)24-20(28)12-27(16-7-5-15(3)6-8-16)34(29,30)17-9-10-19(31-4)18(23)11-17/h5-11,14H,12-13H2,1-4H3,(H,24,25,28). The molecule has 0 spiro atoms. The third-order valence-corrected chi connectivity index (χ3v) is 9.30. The first-order valence-corrected chi connectivity index (χ1v) is 14.3. The molecule has 1 amide bonds. The number of hydrogen-bond donors (Lipinski definition) is 1. The summed E-state index contributed by atoms with van der Waals surface area (Å²) >= 11 is 6.16. The molecule has 1 N–H and O–H groups in total. The van der Waals surface area contributed by atoms with Crippen LogP contribution in [0.4, 0.5) is 10.8 Å². The number of carbonyl (C=O) groups is 1. The first-order chi connectivity index (χ1) is 16.1. The Morgan fingerprint density at radius 1 is 1.21 bits per heavy atom. The number of aryl methyl sites for hydroxylation is 1. The lowest BCUT2D eigenvalue weighted by Crippen LogP contribution is -2.38. The molecule has 34 heavy (non-hydrogen) atoms. The van der Waals surface area contributed by atoms with Crippen LogP contribution in [0.5, 0.6) is 5.75 Å². The van der Waals surface area contributed by atoms with Gasteiger partial charge in [-0.05, 0) is 59.1 Å². The van der Waals surface area contributed by atoms with Gasteiger partial charge in [0.15, 0.2) is 4.34 Å².